The van der Waals surface area contributed by atoms with E-state index >= 15 is 0 Å². The van der Waals surface area contributed by atoms with Gasteiger partial charge in [0.05, 0.1) is 16.6 Å². The number of carbonyl (C=O) groups is 1. The first-order valence-electron chi connectivity index (χ1n) is 8.10. The molecule has 2 aromatic carbocycles. The van der Waals surface area contributed by atoms with Gasteiger partial charge in [-0.2, -0.15) is 0 Å². The Kier molecular flexibility index (Phi) is 5.32. The zero-order valence-corrected chi connectivity index (χ0v) is 15.1. The van der Waals surface area contributed by atoms with Crippen LogP contribution in [0.25, 0.3) is 0 Å². The summed E-state index contributed by atoms with van der Waals surface area (Å²) in [6.45, 7) is 4.92. The van der Waals surface area contributed by atoms with Crippen molar-refractivity contribution < 1.29 is 4.79 Å². The van der Waals surface area contributed by atoms with Gasteiger partial charge in [-0.1, -0.05) is 53.5 Å². The smallest absolute Gasteiger partial charge is 0.229 e. The number of rotatable bonds is 3. The summed E-state index contributed by atoms with van der Waals surface area (Å²) >= 11 is 12.2. The fourth-order valence-electron chi connectivity index (χ4n) is 3.06. The normalized spacial score (nSPS) is 16.1. The summed E-state index contributed by atoms with van der Waals surface area (Å²) in [6, 6.07) is 15.5. The van der Waals surface area contributed by atoms with Crippen molar-refractivity contribution >= 4 is 34.8 Å². The molecule has 3 rings (SSSR count). The molecule has 1 heterocycles. The predicted octanol–water partition coefficient (Wildman–Crippen LogP) is 4.45. The topological polar surface area (TPSA) is 23.6 Å². The number of benzene rings is 2. The average Bonchev–Trinajstić information content (AvgIpc) is 2.61. The van der Waals surface area contributed by atoms with Crippen molar-refractivity contribution in [2.45, 2.75) is 12.8 Å². The van der Waals surface area contributed by atoms with Crippen molar-refractivity contribution in [3.8, 4) is 0 Å². The molecule has 24 heavy (non-hydrogen) atoms. The Morgan fingerprint density at radius 3 is 2.29 bits per heavy atom. The maximum absolute atomic E-state index is 12.7. The minimum Gasteiger partial charge on any atom is -0.367 e. The first-order chi connectivity index (χ1) is 11.6. The number of hydrogen-bond acceptors (Lipinski definition) is 2. The van der Waals surface area contributed by atoms with Crippen molar-refractivity contribution in [1.29, 1.82) is 0 Å². The summed E-state index contributed by atoms with van der Waals surface area (Å²) in [5.74, 6) is 0.0694. The number of amides is 1. The minimum atomic E-state index is -0.114. The highest BCUT2D eigenvalue weighted by Gasteiger charge is 2.26. The van der Waals surface area contributed by atoms with Crippen LogP contribution in [0.3, 0.4) is 0 Å². The highest BCUT2D eigenvalue weighted by atomic mass is 35.5. The van der Waals surface area contributed by atoms with Gasteiger partial charge >= 0.3 is 0 Å². The Labute approximate surface area is 152 Å². The Balaban J connectivity index is 1.63. The third-order valence-corrected chi connectivity index (χ3v) is 5.05. The third kappa shape index (κ3) is 3.68. The van der Waals surface area contributed by atoms with Gasteiger partial charge in [0.15, 0.2) is 0 Å². The number of anilines is 1. The van der Waals surface area contributed by atoms with Crippen LogP contribution in [0, 0.1) is 0 Å². The molecule has 0 radical (unpaired) electrons. The summed E-state index contributed by atoms with van der Waals surface area (Å²) in [5, 5.41) is 1.29. The van der Waals surface area contributed by atoms with E-state index in [0.29, 0.717) is 23.1 Å². The lowest BCUT2D eigenvalue weighted by Crippen LogP contribution is -2.49. The first kappa shape index (κ1) is 17.1. The van der Waals surface area contributed by atoms with Crippen LogP contribution in [0.1, 0.15) is 18.4 Å². The van der Waals surface area contributed by atoms with Crippen molar-refractivity contribution in [2.24, 2.45) is 0 Å². The van der Waals surface area contributed by atoms with Crippen molar-refractivity contribution in [1.82, 2.24) is 4.90 Å². The van der Waals surface area contributed by atoms with Crippen LogP contribution in [-0.4, -0.2) is 37.0 Å². The maximum Gasteiger partial charge on any atom is 0.229 e. The summed E-state index contributed by atoms with van der Waals surface area (Å²) in [6.07, 6.45) is 0. The van der Waals surface area contributed by atoms with E-state index in [1.807, 2.05) is 54.3 Å². The Bertz CT molecular complexity index is 713. The average molecular weight is 363 g/mol. The monoisotopic (exact) mass is 362 g/mol. The second-order valence-electron chi connectivity index (χ2n) is 6.04. The largest absolute Gasteiger partial charge is 0.367 e. The lowest BCUT2D eigenvalue weighted by atomic mass is 9.99. The second kappa shape index (κ2) is 7.45. The van der Waals surface area contributed by atoms with E-state index in [1.54, 1.807) is 6.07 Å². The number of piperazine rings is 1. The highest BCUT2D eigenvalue weighted by Crippen LogP contribution is 2.30. The molecule has 1 saturated heterocycles. The Morgan fingerprint density at radius 2 is 1.67 bits per heavy atom. The van der Waals surface area contributed by atoms with Gasteiger partial charge in [-0.3, -0.25) is 4.79 Å². The lowest BCUT2D eigenvalue weighted by molar-refractivity contribution is -0.132. The molecule has 2 aromatic rings. The molecule has 1 aliphatic rings. The van der Waals surface area contributed by atoms with E-state index in [9.17, 15) is 4.79 Å². The first-order valence-corrected chi connectivity index (χ1v) is 8.85. The van der Waals surface area contributed by atoms with Gasteiger partial charge in [0, 0.05) is 31.2 Å². The molecule has 3 nitrogen and oxygen atoms in total. The van der Waals surface area contributed by atoms with E-state index in [0.717, 1.165) is 24.3 Å². The predicted molar refractivity (Wildman–Crippen MR) is 100 cm³/mol. The molecular weight excluding hydrogens is 343 g/mol. The Hall–Kier alpha value is -1.71. The van der Waals surface area contributed by atoms with Crippen molar-refractivity contribution in [3.63, 3.8) is 0 Å². The number of hydrogen-bond donors (Lipinski definition) is 0. The van der Waals surface area contributed by atoms with Gasteiger partial charge in [-0.15, -0.1) is 0 Å². The fraction of sp³-hybridized carbons (Fsp3) is 0.316. The lowest BCUT2D eigenvalue weighted by Gasteiger charge is -2.37. The van der Waals surface area contributed by atoms with Gasteiger partial charge < -0.3 is 9.80 Å². The van der Waals surface area contributed by atoms with E-state index in [1.165, 1.54) is 0 Å². The van der Waals surface area contributed by atoms with E-state index < -0.39 is 0 Å². The molecule has 0 saturated carbocycles. The van der Waals surface area contributed by atoms with E-state index in [2.05, 4.69) is 4.90 Å². The molecular formula is C19H20Cl2N2O. The molecule has 0 spiro atoms. The van der Waals surface area contributed by atoms with Crippen LogP contribution in [-0.2, 0) is 4.79 Å². The molecule has 1 atom stereocenters. The highest BCUT2D eigenvalue weighted by molar-refractivity contribution is 6.36. The van der Waals surface area contributed by atoms with Gasteiger partial charge in [-0.05, 0) is 30.7 Å². The molecule has 0 unspecified atom stereocenters. The van der Waals surface area contributed by atoms with E-state index in [-0.39, 0.29) is 11.8 Å². The maximum atomic E-state index is 12.7. The van der Waals surface area contributed by atoms with Crippen molar-refractivity contribution in [2.75, 3.05) is 31.1 Å². The van der Waals surface area contributed by atoms with Gasteiger partial charge in [0.25, 0.3) is 0 Å². The molecule has 0 N–H and O–H groups in total. The van der Waals surface area contributed by atoms with Crippen LogP contribution >= 0.6 is 23.2 Å². The molecule has 1 aliphatic heterocycles. The summed E-state index contributed by atoms with van der Waals surface area (Å²) in [7, 11) is 0. The second-order valence-corrected chi connectivity index (χ2v) is 6.88. The standard InChI is InChI=1S/C19H20Cl2N2O/c1-14(15-5-3-2-4-6-15)19(24)23-11-9-22(10-12-23)18-8-7-16(20)13-17(18)21/h2-8,13-14H,9-12H2,1H3/t14-/m1/s1. The molecule has 5 heteroatoms. The SMILES string of the molecule is C[C@@H](C(=O)N1CCN(c2ccc(Cl)cc2Cl)CC1)c1ccccc1. The van der Waals surface area contributed by atoms with Crippen LogP contribution < -0.4 is 4.90 Å². The van der Waals surface area contributed by atoms with Crippen LogP contribution in [0.4, 0.5) is 5.69 Å². The van der Waals surface area contributed by atoms with Crippen LogP contribution in [0.2, 0.25) is 10.0 Å². The number of carbonyl (C=O) groups excluding carboxylic acids is 1. The van der Waals surface area contributed by atoms with E-state index in [4.69, 9.17) is 23.2 Å². The summed E-state index contributed by atoms with van der Waals surface area (Å²) < 4.78 is 0. The van der Waals surface area contributed by atoms with Gasteiger partial charge in [0.2, 0.25) is 5.91 Å². The molecule has 1 fully saturated rings. The Morgan fingerprint density at radius 1 is 1.00 bits per heavy atom. The number of halogens is 2. The molecule has 0 bridgehead atoms. The summed E-state index contributed by atoms with van der Waals surface area (Å²) in [5.41, 5.74) is 2.04. The van der Waals surface area contributed by atoms with Gasteiger partial charge in [-0.25, -0.2) is 0 Å². The quantitative estimate of drug-likeness (QED) is 0.805. The van der Waals surface area contributed by atoms with Crippen molar-refractivity contribution in [3.05, 3.63) is 64.1 Å². The van der Waals surface area contributed by atoms with Crippen LogP contribution in [0.15, 0.2) is 48.5 Å². The van der Waals surface area contributed by atoms with Gasteiger partial charge in [0.1, 0.15) is 0 Å². The molecule has 0 aromatic heterocycles. The minimum absolute atomic E-state index is 0.114. The van der Waals surface area contributed by atoms with Crippen LogP contribution in [0.5, 0.6) is 0 Å². The molecule has 1 amide bonds. The fourth-order valence-corrected chi connectivity index (χ4v) is 3.59. The summed E-state index contributed by atoms with van der Waals surface area (Å²) in [4.78, 5) is 16.9. The third-order valence-electron chi connectivity index (χ3n) is 4.51. The molecule has 126 valence electrons. The zero-order valence-electron chi connectivity index (χ0n) is 13.6. The number of nitrogens with zero attached hydrogens (tertiary/aromatic N) is 2. The zero-order chi connectivity index (χ0) is 17.1. The molecule has 0 aliphatic carbocycles.